The molecule has 0 radical (unpaired) electrons. The maximum absolute atomic E-state index is 9.72. The van der Waals surface area contributed by atoms with Crippen molar-refractivity contribution >= 4 is 28.2 Å². The molecule has 1 saturated carbocycles. The number of aryl methyl sites for hydroxylation is 1. The van der Waals surface area contributed by atoms with E-state index in [-0.39, 0.29) is 12.1 Å². The molecule has 3 aromatic rings. The average Bonchev–Trinajstić information content (AvgIpc) is 2.96. The maximum Gasteiger partial charge on any atom is 0.0723 e. The molecule has 0 unspecified atom stereocenters. The molecule has 1 aromatic carbocycles. The van der Waals surface area contributed by atoms with Gasteiger partial charge in [-0.15, -0.1) is 0 Å². The second-order valence-corrected chi connectivity index (χ2v) is 6.91. The number of benzene rings is 1. The molecule has 2 aromatic heterocycles. The Balaban J connectivity index is 1.71. The topological polar surface area (TPSA) is 63.0 Å². The van der Waals surface area contributed by atoms with Gasteiger partial charge < -0.3 is 10.4 Å². The first-order valence-electron chi connectivity index (χ1n) is 8.07. The molecule has 0 bridgehead atoms. The van der Waals surface area contributed by atoms with Gasteiger partial charge in [0.25, 0.3) is 0 Å². The molecular formula is C18H19ClN4O. The predicted octanol–water partition coefficient (Wildman–Crippen LogP) is 3.55. The Bertz CT molecular complexity index is 872. The van der Waals surface area contributed by atoms with Gasteiger partial charge in [0.2, 0.25) is 0 Å². The zero-order valence-corrected chi connectivity index (χ0v) is 14.1. The Hall–Kier alpha value is -2.11. The first kappa shape index (κ1) is 15.4. The highest BCUT2D eigenvalue weighted by Crippen LogP contribution is 2.40. The minimum absolute atomic E-state index is 0.103. The summed E-state index contributed by atoms with van der Waals surface area (Å²) in [6, 6.07) is 7.78. The van der Waals surface area contributed by atoms with Crippen LogP contribution < -0.4 is 5.32 Å². The Morgan fingerprint density at radius 3 is 2.88 bits per heavy atom. The summed E-state index contributed by atoms with van der Waals surface area (Å²) >= 11 is 6.17. The second-order valence-electron chi connectivity index (χ2n) is 6.47. The Morgan fingerprint density at radius 1 is 1.33 bits per heavy atom. The summed E-state index contributed by atoms with van der Waals surface area (Å²) in [5.41, 5.74) is 3.03. The van der Waals surface area contributed by atoms with Crippen LogP contribution in [0, 0.1) is 5.92 Å². The van der Waals surface area contributed by atoms with Crippen molar-refractivity contribution in [3.05, 3.63) is 53.4 Å². The van der Waals surface area contributed by atoms with E-state index >= 15 is 0 Å². The van der Waals surface area contributed by atoms with Crippen LogP contribution in [0.15, 0.2) is 42.9 Å². The SMILES string of the molecule is Cn1cc([C@@H](Nc2ccnc3ccc(Cl)cc23)C2CC(O)C2)cn1. The van der Waals surface area contributed by atoms with E-state index in [4.69, 9.17) is 11.6 Å². The minimum Gasteiger partial charge on any atom is -0.393 e. The summed E-state index contributed by atoms with van der Waals surface area (Å²) in [5, 5.41) is 19.3. The quantitative estimate of drug-likeness (QED) is 0.761. The van der Waals surface area contributed by atoms with Gasteiger partial charge >= 0.3 is 0 Å². The Morgan fingerprint density at radius 2 is 2.17 bits per heavy atom. The van der Waals surface area contributed by atoms with Crippen molar-refractivity contribution in [3.8, 4) is 0 Å². The third-order valence-electron chi connectivity index (χ3n) is 4.72. The number of rotatable bonds is 4. The fourth-order valence-electron chi connectivity index (χ4n) is 3.39. The molecule has 1 aliphatic carbocycles. The molecule has 124 valence electrons. The van der Waals surface area contributed by atoms with Crippen molar-refractivity contribution in [2.75, 3.05) is 5.32 Å². The number of aliphatic hydroxyl groups excluding tert-OH is 1. The molecule has 24 heavy (non-hydrogen) atoms. The van der Waals surface area contributed by atoms with Crippen LogP contribution in [-0.4, -0.2) is 26.0 Å². The van der Waals surface area contributed by atoms with E-state index in [0.717, 1.165) is 35.0 Å². The second kappa shape index (κ2) is 6.07. The van der Waals surface area contributed by atoms with Gasteiger partial charge in [0.05, 0.1) is 23.9 Å². The highest BCUT2D eigenvalue weighted by atomic mass is 35.5. The molecule has 2 heterocycles. The largest absolute Gasteiger partial charge is 0.393 e. The number of pyridine rings is 1. The lowest BCUT2D eigenvalue weighted by Crippen LogP contribution is -2.35. The third kappa shape index (κ3) is 2.85. The van der Waals surface area contributed by atoms with Gasteiger partial charge in [-0.1, -0.05) is 11.6 Å². The van der Waals surface area contributed by atoms with Gasteiger partial charge in [0, 0.05) is 41.1 Å². The van der Waals surface area contributed by atoms with Crippen LogP contribution in [0.4, 0.5) is 5.69 Å². The molecular weight excluding hydrogens is 324 g/mol. The first-order valence-corrected chi connectivity index (χ1v) is 8.45. The number of nitrogens with one attached hydrogen (secondary N) is 1. The van der Waals surface area contributed by atoms with Gasteiger partial charge in [-0.2, -0.15) is 5.10 Å². The zero-order chi connectivity index (χ0) is 16.7. The van der Waals surface area contributed by atoms with E-state index < -0.39 is 0 Å². The van der Waals surface area contributed by atoms with Gasteiger partial charge in [-0.25, -0.2) is 0 Å². The number of fused-ring (bicyclic) bond motifs is 1. The number of nitrogens with zero attached hydrogens (tertiary/aromatic N) is 3. The first-order chi connectivity index (χ1) is 11.6. The lowest BCUT2D eigenvalue weighted by Gasteiger charge is -2.38. The van der Waals surface area contributed by atoms with Gasteiger partial charge in [-0.05, 0) is 43.0 Å². The molecule has 1 atom stereocenters. The summed E-state index contributed by atoms with van der Waals surface area (Å²) < 4.78 is 1.81. The molecule has 2 N–H and O–H groups in total. The van der Waals surface area contributed by atoms with E-state index in [9.17, 15) is 5.11 Å². The number of hydrogen-bond acceptors (Lipinski definition) is 4. The minimum atomic E-state index is -0.195. The summed E-state index contributed by atoms with van der Waals surface area (Å²) in [5.74, 6) is 0.381. The summed E-state index contributed by atoms with van der Waals surface area (Å²) in [7, 11) is 1.91. The molecule has 0 spiro atoms. The smallest absolute Gasteiger partial charge is 0.0723 e. The third-order valence-corrected chi connectivity index (χ3v) is 4.95. The molecule has 5 nitrogen and oxygen atoms in total. The number of anilines is 1. The molecule has 1 aliphatic rings. The molecule has 0 saturated heterocycles. The molecule has 0 amide bonds. The summed E-state index contributed by atoms with van der Waals surface area (Å²) in [6.07, 6.45) is 7.12. The highest BCUT2D eigenvalue weighted by molar-refractivity contribution is 6.31. The van der Waals surface area contributed by atoms with Crippen molar-refractivity contribution in [3.63, 3.8) is 0 Å². The van der Waals surface area contributed by atoms with Crippen LogP contribution in [0.1, 0.15) is 24.4 Å². The van der Waals surface area contributed by atoms with Gasteiger partial charge in [0.15, 0.2) is 0 Å². The Kier molecular flexibility index (Phi) is 3.90. The normalized spacial score (nSPS) is 21.5. The summed E-state index contributed by atoms with van der Waals surface area (Å²) in [6.45, 7) is 0. The van der Waals surface area contributed by atoms with E-state index in [1.165, 1.54) is 0 Å². The van der Waals surface area contributed by atoms with Crippen LogP contribution in [-0.2, 0) is 7.05 Å². The van der Waals surface area contributed by atoms with Gasteiger partial charge in [-0.3, -0.25) is 9.67 Å². The number of aliphatic hydroxyl groups is 1. The van der Waals surface area contributed by atoms with Crippen LogP contribution in [0.5, 0.6) is 0 Å². The monoisotopic (exact) mass is 342 g/mol. The van der Waals surface area contributed by atoms with Crippen LogP contribution >= 0.6 is 11.6 Å². The van der Waals surface area contributed by atoms with Crippen LogP contribution in [0.25, 0.3) is 10.9 Å². The van der Waals surface area contributed by atoms with E-state index in [0.29, 0.717) is 10.9 Å². The van der Waals surface area contributed by atoms with Crippen molar-refractivity contribution < 1.29 is 5.11 Å². The van der Waals surface area contributed by atoms with Crippen molar-refractivity contribution in [2.45, 2.75) is 25.0 Å². The molecule has 0 aliphatic heterocycles. The highest BCUT2D eigenvalue weighted by Gasteiger charge is 2.35. The fourth-order valence-corrected chi connectivity index (χ4v) is 3.56. The number of halogens is 1. The summed E-state index contributed by atoms with van der Waals surface area (Å²) in [4.78, 5) is 4.40. The predicted molar refractivity (Wildman–Crippen MR) is 95.1 cm³/mol. The fraction of sp³-hybridized carbons (Fsp3) is 0.333. The lowest BCUT2D eigenvalue weighted by atomic mass is 9.75. The van der Waals surface area contributed by atoms with Crippen molar-refractivity contribution in [1.82, 2.24) is 14.8 Å². The number of hydrogen-bond donors (Lipinski definition) is 2. The lowest BCUT2D eigenvalue weighted by molar-refractivity contribution is 0.0340. The standard InChI is InChI=1S/C18H19ClN4O/c1-23-10-12(9-21-23)18(11-6-14(24)7-11)22-17-4-5-20-16-3-2-13(19)8-15(16)17/h2-5,8-11,14,18,24H,6-7H2,1H3,(H,20,22)/t11?,14?,18-/m0/s1. The van der Waals surface area contributed by atoms with Crippen LogP contribution in [0.3, 0.4) is 0 Å². The molecule has 6 heteroatoms. The zero-order valence-electron chi connectivity index (χ0n) is 13.4. The van der Waals surface area contributed by atoms with Crippen LogP contribution in [0.2, 0.25) is 5.02 Å². The van der Waals surface area contributed by atoms with E-state index in [2.05, 4.69) is 15.4 Å². The maximum atomic E-state index is 9.72. The average molecular weight is 343 g/mol. The Labute approximate surface area is 145 Å². The number of aromatic nitrogens is 3. The van der Waals surface area contributed by atoms with E-state index in [1.54, 1.807) is 10.9 Å². The molecule has 1 fully saturated rings. The van der Waals surface area contributed by atoms with Crippen molar-refractivity contribution in [1.29, 1.82) is 0 Å². The van der Waals surface area contributed by atoms with Gasteiger partial charge in [0.1, 0.15) is 0 Å². The molecule has 4 rings (SSSR count). The van der Waals surface area contributed by atoms with Crippen molar-refractivity contribution in [2.24, 2.45) is 13.0 Å². The van der Waals surface area contributed by atoms with E-state index in [1.807, 2.05) is 43.7 Å².